The molecule has 1 amide bonds. The SMILES string of the molecule is CC(C)c1ccc(NC(=O)CSc2nc(-c3ccccc3)c(-c3ccccc3)o2)cc1. The van der Waals surface area contributed by atoms with E-state index in [0.717, 1.165) is 22.5 Å². The molecule has 0 aliphatic rings. The molecule has 0 spiro atoms. The van der Waals surface area contributed by atoms with Crippen LogP contribution in [0, 0.1) is 0 Å². The number of nitrogens with zero attached hydrogens (tertiary/aromatic N) is 1. The van der Waals surface area contributed by atoms with Gasteiger partial charge in [-0.3, -0.25) is 4.79 Å². The first-order valence-electron chi connectivity index (χ1n) is 10.2. The maximum atomic E-state index is 12.4. The number of hydrogen-bond acceptors (Lipinski definition) is 4. The molecule has 4 aromatic rings. The minimum atomic E-state index is -0.0944. The van der Waals surface area contributed by atoms with Gasteiger partial charge >= 0.3 is 0 Å². The molecule has 1 aromatic heterocycles. The van der Waals surface area contributed by atoms with Gasteiger partial charge in [-0.05, 0) is 23.6 Å². The van der Waals surface area contributed by atoms with E-state index in [-0.39, 0.29) is 11.7 Å². The normalized spacial score (nSPS) is 10.9. The van der Waals surface area contributed by atoms with Crippen molar-refractivity contribution in [1.82, 2.24) is 4.98 Å². The molecule has 156 valence electrons. The Bertz CT molecular complexity index is 1080. The fourth-order valence-corrected chi connectivity index (χ4v) is 3.84. The number of rotatable bonds is 7. The summed E-state index contributed by atoms with van der Waals surface area (Å²) >= 11 is 1.29. The predicted octanol–water partition coefficient (Wildman–Crippen LogP) is 6.86. The molecule has 1 N–H and O–H groups in total. The number of aromatic nitrogens is 1. The first-order valence-corrected chi connectivity index (χ1v) is 11.2. The number of carbonyl (C=O) groups excluding carboxylic acids is 1. The molecule has 0 saturated heterocycles. The van der Waals surface area contributed by atoms with Crippen LogP contribution >= 0.6 is 11.8 Å². The molecule has 4 nitrogen and oxygen atoms in total. The number of oxazole rings is 1. The second-order valence-corrected chi connectivity index (χ2v) is 8.43. The van der Waals surface area contributed by atoms with E-state index < -0.39 is 0 Å². The molecule has 0 radical (unpaired) electrons. The van der Waals surface area contributed by atoms with Crippen LogP contribution in [0.2, 0.25) is 0 Å². The number of nitrogens with one attached hydrogen (secondary N) is 1. The number of carbonyl (C=O) groups is 1. The standard InChI is InChI=1S/C26H24N2O2S/c1-18(2)19-13-15-22(16-14-19)27-23(29)17-31-26-28-24(20-9-5-3-6-10-20)25(30-26)21-11-7-4-8-12-21/h3-16,18H,17H2,1-2H3,(H,27,29). The maximum absolute atomic E-state index is 12.4. The summed E-state index contributed by atoms with van der Waals surface area (Å²) < 4.78 is 6.07. The monoisotopic (exact) mass is 428 g/mol. The van der Waals surface area contributed by atoms with Crippen molar-refractivity contribution in [2.75, 3.05) is 11.1 Å². The summed E-state index contributed by atoms with van der Waals surface area (Å²) in [6, 6.07) is 27.8. The quantitative estimate of drug-likeness (QED) is 0.327. The highest BCUT2D eigenvalue weighted by Gasteiger charge is 2.18. The summed E-state index contributed by atoms with van der Waals surface area (Å²) in [4.78, 5) is 17.1. The van der Waals surface area contributed by atoms with Crippen molar-refractivity contribution in [2.24, 2.45) is 0 Å². The van der Waals surface area contributed by atoms with Crippen molar-refractivity contribution in [3.63, 3.8) is 0 Å². The summed E-state index contributed by atoms with van der Waals surface area (Å²) in [5.74, 6) is 1.29. The van der Waals surface area contributed by atoms with E-state index in [1.165, 1.54) is 17.3 Å². The third-order valence-electron chi connectivity index (χ3n) is 4.88. The minimum Gasteiger partial charge on any atom is -0.431 e. The van der Waals surface area contributed by atoms with Gasteiger partial charge in [0.2, 0.25) is 5.91 Å². The maximum Gasteiger partial charge on any atom is 0.257 e. The molecule has 4 rings (SSSR count). The Morgan fingerprint density at radius 2 is 1.52 bits per heavy atom. The van der Waals surface area contributed by atoms with Crippen LogP contribution in [-0.2, 0) is 4.79 Å². The Hall–Kier alpha value is -3.31. The molecule has 0 bridgehead atoms. The van der Waals surface area contributed by atoms with Gasteiger partial charge in [-0.1, -0.05) is 98.4 Å². The molecule has 0 fully saturated rings. The highest BCUT2D eigenvalue weighted by atomic mass is 32.2. The van der Waals surface area contributed by atoms with Gasteiger partial charge in [0.1, 0.15) is 5.69 Å². The Morgan fingerprint density at radius 3 is 2.13 bits per heavy atom. The summed E-state index contributed by atoms with van der Waals surface area (Å²) in [6.45, 7) is 4.29. The third-order valence-corrected chi connectivity index (χ3v) is 5.71. The Labute approximate surface area is 186 Å². The van der Waals surface area contributed by atoms with Crippen LogP contribution in [-0.4, -0.2) is 16.6 Å². The molecule has 31 heavy (non-hydrogen) atoms. The number of benzene rings is 3. The van der Waals surface area contributed by atoms with E-state index in [2.05, 4.69) is 24.1 Å². The number of hydrogen-bond donors (Lipinski definition) is 1. The molecule has 3 aromatic carbocycles. The van der Waals surface area contributed by atoms with Crippen molar-refractivity contribution in [2.45, 2.75) is 25.0 Å². The average Bonchev–Trinajstić information content (AvgIpc) is 3.24. The summed E-state index contributed by atoms with van der Waals surface area (Å²) in [7, 11) is 0. The fourth-order valence-electron chi connectivity index (χ4n) is 3.21. The van der Waals surface area contributed by atoms with Crippen LogP contribution in [0.4, 0.5) is 5.69 Å². The number of thioether (sulfide) groups is 1. The highest BCUT2D eigenvalue weighted by molar-refractivity contribution is 7.99. The molecule has 0 saturated carbocycles. The second-order valence-electron chi connectivity index (χ2n) is 7.50. The van der Waals surface area contributed by atoms with E-state index >= 15 is 0 Å². The lowest BCUT2D eigenvalue weighted by atomic mass is 10.0. The van der Waals surface area contributed by atoms with Gasteiger partial charge in [-0.25, -0.2) is 4.98 Å². The third kappa shape index (κ3) is 5.25. The first kappa shape index (κ1) is 20.9. The Balaban J connectivity index is 1.48. The van der Waals surface area contributed by atoms with Gasteiger partial charge < -0.3 is 9.73 Å². The number of anilines is 1. The van der Waals surface area contributed by atoms with Crippen LogP contribution in [0.15, 0.2) is 94.6 Å². The van der Waals surface area contributed by atoms with Crippen molar-refractivity contribution < 1.29 is 9.21 Å². The van der Waals surface area contributed by atoms with Crippen molar-refractivity contribution in [1.29, 1.82) is 0 Å². The molecule has 0 unspecified atom stereocenters. The molecular weight excluding hydrogens is 404 g/mol. The number of amides is 1. The lowest BCUT2D eigenvalue weighted by Crippen LogP contribution is -2.14. The highest BCUT2D eigenvalue weighted by Crippen LogP contribution is 2.35. The molecule has 5 heteroatoms. The topological polar surface area (TPSA) is 55.1 Å². The predicted molar refractivity (Wildman–Crippen MR) is 127 cm³/mol. The van der Waals surface area contributed by atoms with Gasteiger partial charge in [0.15, 0.2) is 5.76 Å². The molecular formula is C26H24N2O2S. The lowest BCUT2D eigenvalue weighted by Gasteiger charge is -2.08. The van der Waals surface area contributed by atoms with Crippen LogP contribution in [0.3, 0.4) is 0 Å². The largest absolute Gasteiger partial charge is 0.431 e. The molecule has 0 aliphatic heterocycles. The Morgan fingerprint density at radius 1 is 0.903 bits per heavy atom. The van der Waals surface area contributed by atoms with Gasteiger partial charge in [0.25, 0.3) is 5.22 Å². The molecule has 1 heterocycles. The van der Waals surface area contributed by atoms with Crippen molar-refractivity contribution >= 4 is 23.4 Å². The molecule has 0 aliphatic carbocycles. The lowest BCUT2D eigenvalue weighted by molar-refractivity contribution is -0.113. The molecule has 0 atom stereocenters. The van der Waals surface area contributed by atoms with Crippen LogP contribution in [0.25, 0.3) is 22.6 Å². The van der Waals surface area contributed by atoms with Crippen LogP contribution in [0.5, 0.6) is 0 Å². The van der Waals surface area contributed by atoms with E-state index in [4.69, 9.17) is 4.42 Å². The van der Waals surface area contributed by atoms with Gasteiger partial charge in [0.05, 0.1) is 5.75 Å². The van der Waals surface area contributed by atoms with Crippen molar-refractivity contribution in [3.8, 4) is 22.6 Å². The summed E-state index contributed by atoms with van der Waals surface area (Å²) in [5, 5.41) is 3.41. The second kappa shape index (κ2) is 9.67. The van der Waals surface area contributed by atoms with Crippen LogP contribution < -0.4 is 5.32 Å². The van der Waals surface area contributed by atoms with Crippen molar-refractivity contribution in [3.05, 3.63) is 90.5 Å². The van der Waals surface area contributed by atoms with E-state index in [0.29, 0.717) is 16.9 Å². The van der Waals surface area contributed by atoms with E-state index in [9.17, 15) is 4.79 Å². The summed E-state index contributed by atoms with van der Waals surface area (Å²) in [6.07, 6.45) is 0. The smallest absolute Gasteiger partial charge is 0.257 e. The average molecular weight is 429 g/mol. The zero-order chi connectivity index (χ0) is 21.6. The fraction of sp³-hybridized carbons (Fsp3) is 0.154. The Kier molecular flexibility index (Phi) is 6.53. The zero-order valence-corrected chi connectivity index (χ0v) is 18.4. The van der Waals surface area contributed by atoms with Crippen LogP contribution in [0.1, 0.15) is 25.3 Å². The zero-order valence-electron chi connectivity index (χ0n) is 17.5. The van der Waals surface area contributed by atoms with Gasteiger partial charge in [-0.15, -0.1) is 0 Å². The van der Waals surface area contributed by atoms with Gasteiger partial charge in [-0.2, -0.15) is 0 Å². The van der Waals surface area contributed by atoms with Gasteiger partial charge in [0, 0.05) is 16.8 Å². The summed E-state index contributed by atoms with van der Waals surface area (Å²) in [5.41, 5.74) is 4.74. The van der Waals surface area contributed by atoms with E-state index in [1.807, 2.05) is 84.9 Å². The first-order chi connectivity index (χ1) is 15.1. The van der Waals surface area contributed by atoms with E-state index in [1.54, 1.807) is 0 Å². The minimum absolute atomic E-state index is 0.0944.